The molecular formula is C56H102NO8P. The van der Waals surface area contributed by atoms with Crippen LogP contribution in [0.5, 0.6) is 0 Å². The second-order valence-corrected chi connectivity index (χ2v) is 20.6. The zero-order valence-corrected chi connectivity index (χ0v) is 44.3. The van der Waals surface area contributed by atoms with Gasteiger partial charge in [0.05, 0.1) is 27.7 Å². The molecule has 0 aliphatic heterocycles. The van der Waals surface area contributed by atoms with Crippen molar-refractivity contribution in [1.29, 1.82) is 0 Å². The molecule has 66 heavy (non-hydrogen) atoms. The monoisotopic (exact) mass is 948 g/mol. The second-order valence-electron chi connectivity index (χ2n) is 19.2. The Kier molecular flexibility index (Phi) is 46.1. The fourth-order valence-electron chi connectivity index (χ4n) is 7.29. The lowest BCUT2D eigenvalue weighted by molar-refractivity contribution is -0.870. The lowest BCUT2D eigenvalue weighted by Gasteiger charge is -2.28. The van der Waals surface area contributed by atoms with Crippen LogP contribution in [-0.4, -0.2) is 70.0 Å². The van der Waals surface area contributed by atoms with Crippen molar-refractivity contribution in [2.45, 2.75) is 238 Å². The maximum Gasteiger partial charge on any atom is 0.306 e. The Hall–Kier alpha value is -2.29. The number of unbranched alkanes of at least 4 members (excludes halogenated alkanes) is 25. The number of phosphoric ester groups is 1. The van der Waals surface area contributed by atoms with Crippen LogP contribution in [0.1, 0.15) is 232 Å². The molecule has 0 radical (unpaired) electrons. The fraction of sp³-hybridized carbons (Fsp3) is 0.786. The number of hydrogen-bond acceptors (Lipinski definition) is 8. The molecule has 1 unspecified atom stereocenters. The molecule has 0 N–H and O–H groups in total. The molecular weight excluding hydrogens is 846 g/mol. The number of hydrogen-bond donors (Lipinski definition) is 0. The number of ether oxygens (including phenoxy) is 2. The summed E-state index contributed by atoms with van der Waals surface area (Å²) in [5.41, 5.74) is 0. The highest BCUT2D eigenvalue weighted by Crippen LogP contribution is 2.38. The van der Waals surface area contributed by atoms with Crippen LogP contribution in [0.15, 0.2) is 60.8 Å². The van der Waals surface area contributed by atoms with Gasteiger partial charge >= 0.3 is 11.9 Å². The van der Waals surface area contributed by atoms with E-state index < -0.39 is 32.5 Å². The number of rotatable bonds is 49. The first-order chi connectivity index (χ1) is 32.0. The third kappa shape index (κ3) is 51.1. The lowest BCUT2D eigenvalue weighted by atomic mass is 10.0. The number of nitrogens with zero attached hydrogens (tertiary/aromatic N) is 1. The maximum absolute atomic E-state index is 12.7. The van der Waals surface area contributed by atoms with E-state index in [0.29, 0.717) is 23.9 Å². The highest BCUT2D eigenvalue weighted by Gasteiger charge is 2.21. The molecule has 0 saturated carbocycles. The Morgan fingerprint density at radius 2 is 0.833 bits per heavy atom. The summed E-state index contributed by atoms with van der Waals surface area (Å²) < 4.78 is 34.0. The Labute approximate surface area is 406 Å². The van der Waals surface area contributed by atoms with Crippen LogP contribution in [0.25, 0.3) is 0 Å². The molecule has 0 aromatic heterocycles. The molecule has 0 fully saturated rings. The van der Waals surface area contributed by atoms with Gasteiger partial charge in [0.1, 0.15) is 19.8 Å². The smallest absolute Gasteiger partial charge is 0.306 e. The van der Waals surface area contributed by atoms with Gasteiger partial charge in [-0.15, -0.1) is 0 Å². The average molecular weight is 948 g/mol. The van der Waals surface area contributed by atoms with E-state index in [9.17, 15) is 19.0 Å². The van der Waals surface area contributed by atoms with Crippen molar-refractivity contribution in [3.63, 3.8) is 0 Å². The van der Waals surface area contributed by atoms with Gasteiger partial charge in [-0.3, -0.25) is 14.2 Å². The maximum atomic E-state index is 12.7. The highest BCUT2D eigenvalue weighted by atomic mass is 31.2. The molecule has 0 saturated heterocycles. The Bertz CT molecular complexity index is 1300. The molecule has 2 atom stereocenters. The summed E-state index contributed by atoms with van der Waals surface area (Å²) in [5.74, 6) is -0.904. The van der Waals surface area contributed by atoms with Gasteiger partial charge in [-0.25, -0.2) is 0 Å². The van der Waals surface area contributed by atoms with Crippen LogP contribution in [0.2, 0.25) is 0 Å². The molecule has 0 bridgehead atoms. The van der Waals surface area contributed by atoms with E-state index in [1.54, 1.807) is 0 Å². The first-order valence-electron chi connectivity index (χ1n) is 27.0. The minimum atomic E-state index is -4.65. The van der Waals surface area contributed by atoms with Crippen LogP contribution in [-0.2, 0) is 32.7 Å². The van der Waals surface area contributed by atoms with Crippen molar-refractivity contribution < 1.29 is 42.1 Å². The SMILES string of the molecule is CCCCC/C=C/C/C=C/C/C=C/C/C=C/CCCCCC(=O)OC[C@H](COP(=O)([O-])OCC[N+](C)(C)C)OC(=O)CCC/C=C/CCCCCCCCCCCCCCCCCCCC. The fourth-order valence-corrected chi connectivity index (χ4v) is 8.02. The van der Waals surface area contributed by atoms with Crippen LogP contribution < -0.4 is 4.89 Å². The van der Waals surface area contributed by atoms with Gasteiger partial charge in [0, 0.05) is 12.8 Å². The van der Waals surface area contributed by atoms with E-state index in [-0.39, 0.29) is 26.1 Å². The molecule has 9 nitrogen and oxygen atoms in total. The Morgan fingerprint density at radius 1 is 0.470 bits per heavy atom. The number of phosphoric acid groups is 1. The highest BCUT2D eigenvalue weighted by molar-refractivity contribution is 7.45. The van der Waals surface area contributed by atoms with E-state index in [0.717, 1.165) is 51.4 Å². The van der Waals surface area contributed by atoms with E-state index >= 15 is 0 Å². The molecule has 0 aromatic rings. The Balaban J connectivity index is 4.30. The van der Waals surface area contributed by atoms with Crippen molar-refractivity contribution in [2.24, 2.45) is 0 Å². The first-order valence-corrected chi connectivity index (χ1v) is 28.5. The van der Waals surface area contributed by atoms with E-state index in [1.807, 2.05) is 21.1 Å². The molecule has 0 aliphatic rings. The van der Waals surface area contributed by atoms with Crippen LogP contribution in [0.3, 0.4) is 0 Å². The summed E-state index contributed by atoms with van der Waals surface area (Å²) in [5, 5.41) is 0. The topological polar surface area (TPSA) is 111 Å². The van der Waals surface area contributed by atoms with Crippen molar-refractivity contribution >= 4 is 19.8 Å². The average Bonchev–Trinajstić information content (AvgIpc) is 3.27. The molecule has 0 rings (SSSR count). The molecule has 0 amide bonds. The molecule has 0 aliphatic carbocycles. The summed E-state index contributed by atoms with van der Waals surface area (Å²) in [4.78, 5) is 37.7. The third-order valence-electron chi connectivity index (χ3n) is 11.5. The standard InChI is InChI=1S/C56H102NO8P/c1-6-8-10-12-14-16-18-20-22-24-26-27-28-29-31-33-35-37-39-41-43-45-47-49-56(59)65-54(53-64-66(60,61)63-51-50-57(3,4)5)52-62-55(58)48-46-44-42-40-38-36-34-32-30-25-23-21-19-17-15-13-11-9-7-2/h15,17,21,23,30,32,36,38,41,43,54H,6-14,16,18-20,22,24-29,31,33-35,37,39-40,42,44-53H2,1-5H3/b17-15+,23-21+,32-30+,38-36+,43-41+/t54-/m1/s1. The lowest BCUT2D eigenvalue weighted by Crippen LogP contribution is -2.37. The van der Waals surface area contributed by atoms with Gasteiger partial charge < -0.3 is 27.9 Å². The summed E-state index contributed by atoms with van der Waals surface area (Å²) >= 11 is 0. The van der Waals surface area contributed by atoms with E-state index in [1.165, 1.54) is 141 Å². The zero-order valence-electron chi connectivity index (χ0n) is 43.4. The normalized spacial score (nSPS) is 13.8. The summed E-state index contributed by atoms with van der Waals surface area (Å²) in [6.45, 7) is 4.16. The quantitative estimate of drug-likeness (QED) is 0.0195. The minimum absolute atomic E-state index is 0.0425. The van der Waals surface area contributed by atoms with Gasteiger partial charge in [-0.1, -0.05) is 203 Å². The van der Waals surface area contributed by atoms with Gasteiger partial charge in [-0.2, -0.15) is 0 Å². The number of carbonyl (C=O) groups excluding carboxylic acids is 2. The largest absolute Gasteiger partial charge is 0.756 e. The van der Waals surface area contributed by atoms with Crippen molar-refractivity contribution in [3.05, 3.63) is 60.8 Å². The van der Waals surface area contributed by atoms with Gasteiger partial charge in [0.15, 0.2) is 6.10 Å². The van der Waals surface area contributed by atoms with Crippen molar-refractivity contribution in [2.75, 3.05) is 47.5 Å². The van der Waals surface area contributed by atoms with Crippen molar-refractivity contribution in [3.8, 4) is 0 Å². The summed E-state index contributed by atoms with van der Waals surface area (Å²) in [6, 6.07) is 0. The van der Waals surface area contributed by atoms with Gasteiger partial charge in [0.2, 0.25) is 0 Å². The van der Waals surface area contributed by atoms with Gasteiger partial charge in [0.25, 0.3) is 7.82 Å². The number of likely N-dealkylation sites (N-methyl/N-ethyl adjacent to an activating group) is 1. The van der Waals surface area contributed by atoms with E-state index in [2.05, 4.69) is 74.6 Å². The third-order valence-corrected chi connectivity index (χ3v) is 12.5. The number of esters is 2. The summed E-state index contributed by atoms with van der Waals surface area (Å²) in [7, 11) is 1.13. The summed E-state index contributed by atoms with van der Waals surface area (Å²) in [6.07, 6.45) is 59.9. The molecule has 384 valence electrons. The molecule has 10 heteroatoms. The zero-order chi connectivity index (χ0) is 48.5. The van der Waals surface area contributed by atoms with Gasteiger partial charge in [-0.05, 0) is 77.0 Å². The predicted molar refractivity (Wildman–Crippen MR) is 277 cm³/mol. The van der Waals surface area contributed by atoms with Crippen molar-refractivity contribution in [1.82, 2.24) is 0 Å². The predicted octanol–water partition coefficient (Wildman–Crippen LogP) is 15.7. The molecule has 0 heterocycles. The number of quaternary nitrogens is 1. The first kappa shape index (κ1) is 63.7. The number of carbonyl (C=O) groups is 2. The van der Waals surface area contributed by atoms with Crippen LogP contribution in [0, 0.1) is 0 Å². The van der Waals surface area contributed by atoms with Crippen LogP contribution in [0.4, 0.5) is 0 Å². The second kappa shape index (κ2) is 47.8. The Morgan fingerprint density at radius 3 is 1.30 bits per heavy atom. The number of allylic oxidation sites excluding steroid dienone is 10. The van der Waals surface area contributed by atoms with E-state index in [4.69, 9.17) is 18.5 Å². The molecule has 0 spiro atoms. The van der Waals surface area contributed by atoms with Crippen LogP contribution >= 0.6 is 7.82 Å². The molecule has 0 aromatic carbocycles. The minimum Gasteiger partial charge on any atom is -0.756 e.